The zero-order chi connectivity index (χ0) is 16.7. The normalized spacial score (nSPS) is 54.7. The second kappa shape index (κ2) is 4.55. The second-order valence-electron chi connectivity index (χ2n) is 10.6. The Balaban J connectivity index is 1.74. The van der Waals surface area contributed by atoms with Crippen LogP contribution in [0.3, 0.4) is 0 Å². The molecule has 0 spiro atoms. The first-order valence-corrected chi connectivity index (χ1v) is 9.84. The van der Waals surface area contributed by atoms with Gasteiger partial charge in [-0.1, -0.05) is 34.1 Å². The molecule has 0 aromatic heterocycles. The monoisotopic (exact) mass is 318 g/mol. The van der Waals surface area contributed by atoms with Gasteiger partial charge in [-0.3, -0.25) is 4.79 Å². The van der Waals surface area contributed by atoms with E-state index in [2.05, 4.69) is 34.6 Å². The topological polar surface area (TPSA) is 26.3 Å². The fraction of sp³-hybridized carbons (Fsp3) is 0.952. The molecule has 23 heavy (non-hydrogen) atoms. The summed E-state index contributed by atoms with van der Waals surface area (Å²) in [6.07, 6.45) is 9.78. The standard InChI is InChI=1S/C21H34O2/c1-18(2)9-6-10-19(3)14(18)7-11-20(4)15(19)8-12-21(5)16(20)13-17(22)23-21/h14-16H,6-13H2,1-5H3/t14-,15+,16-,19-,20+,21-/m1/s1. The highest BCUT2D eigenvalue weighted by Crippen LogP contribution is 2.71. The zero-order valence-corrected chi connectivity index (χ0v) is 15.7. The number of carbonyl (C=O) groups is 1. The Bertz CT molecular complexity index is 538. The summed E-state index contributed by atoms with van der Waals surface area (Å²) in [5.74, 6) is 2.10. The van der Waals surface area contributed by atoms with Crippen LogP contribution in [0.4, 0.5) is 0 Å². The summed E-state index contributed by atoms with van der Waals surface area (Å²) in [6, 6.07) is 0. The van der Waals surface area contributed by atoms with Crippen molar-refractivity contribution in [1.29, 1.82) is 0 Å². The van der Waals surface area contributed by atoms with E-state index in [4.69, 9.17) is 4.74 Å². The number of fused-ring (bicyclic) bond motifs is 5. The quantitative estimate of drug-likeness (QED) is 0.563. The van der Waals surface area contributed by atoms with E-state index in [0.29, 0.717) is 23.2 Å². The molecule has 6 atom stereocenters. The predicted octanol–water partition coefficient (Wildman–Crippen LogP) is 5.35. The molecule has 1 saturated heterocycles. The summed E-state index contributed by atoms with van der Waals surface area (Å²) in [5, 5.41) is 0. The molecule has 4 rings (SSSR count). The lowest BCUT2D eigenvalue weighted by atomic mass is 9.38. The lowest BCUT2D eigenvalue weighted by molar-refractivity contribution is -0.197. The average Bonchev–Trinajstić information content (AvgIpc) is 2.73. The molecular formula is C21H34O2. The molecule has 0 radical (unpaired) electrons. The molecule has 1 heterocycles. The third-order valence-electron chi connectivity index (χ3n) is 9.02. The first-order valence-electron chi connectivity index (χ1n) is 9.84. The van der Waals surface area contributed by atoms with Crippen LogP contribution in [-0.4, -0.2) is 11.6 Å². The molecule has 3 aliphatic carbocycles. The van der Waals surface area contributed by atoms with Crippen molar-refractivity contribution in [1.82, 2.24) is 0 Å². The van der Waals surface area contributed by atoms with Crippen LogP contribution in [-0.2, 0) is 9.53 Å². The third kappa shape index (κ3) is 1.96. The van der Waals surface area contributed by atoms with E-state index < -0.39 is 0 Å². The Kier molecular flexibility index (Phi) is 3.16. The maximum Gasteiger partial charge on any atom is 0.306 e. The van der Waals surface area contributed by atoms with E-state index in [1.807, 2.05) is 0 Å². The van der Waals surface area contributed by atoms with Gasteiger partial charge in [0.15, 0.2) is 0 Å². The lowest BCUT2D eigenvalue weighted by Gasteiger charge is -2.66. The highest BCUT2D eigenvalue weighted by molar-refractivity contribution is 5.73. The zero-order valence-electron chi connectivity index (χ0n) is 15.7. The SMILES string of the molecule is CC1(C)CCC[C@@]2(C)[C@@H]3CC[C@@]4(C)OC(=O)C[C@@H]4[C@@]3(C)CC[C@H]12. The van der Waals surface area contributed by atoms with Gasteiger partial charge in [-0.05, 0) is 73.5 Å². The van der Waals surface area contributed by atoms with Crippen molar-refractivity contribution in [3.63, 3.8) is 0 Å². The Morgan fingerprint density at radius 3 is 2.22 bits per heavy atom. The fourth-order valence-electron chi connectivity index (χ4n) is 8.11. The molecule has 4 fully saturated rings. The number of esters is 1. The van der Waals surface area contributed by atoms with Gasteiger partial charge in [0.1, 0.15) is 5.60 Å². The van der Waals surface area contributed by atoms with Gasteiger partial charge < -0.3 is 4.74 Å². The molecule has 0 amide bonds. The molecule has 130 valence electrons. The van der Waals surface area contributed by atoms with Crippen LogP contribution >= 0.6 is 0 Å². The molecule has 0 bridgehead atoms. The van der Waals surface area contributed by atoms with E-state index in [1.54, 1.807) is 0 Å². The van der Waals surface area contributed by atoms with Gasteiger partial charge in [-0.15, -0.1) is 0 Å². The average molecular weight is 319 g/mol. The smallest absolute Gasteiger partial charge is 0.306 e. The maximum absolute atomic E-state index is 12.1. The maximum atomic E-state index is 12.1. The molecule has 0 aromatic rings. The van der Waals surface area contributed by atoms with Crippen LogP contribution in [0.15, 0.2) is 0 Å². The van der Waals surface area contributed by atoms with Crippen LogP contribution in [0.2, 0.25) is 0 Å². The van der Waals surface area contributed by atoms with E-state index in [-0.39, 0.29) is 17.0 Å². The first-order chi connectivity index (χ1) is 10.6. The number of hydrogen-bond acceptors (Lipinski definition) is 2. The van der Waals surface area contributed by atoms with Crippen LogP contribution in [0.25, 0.3) is 0 Å². The van der Waals surface area contributed by atoms with Crippen molar-refractivity contribution in [2.75, 3.05) is 0 Å². The highest BCUT2D eigenvalue weighted by Gasteiger charge is 2.66. The minimum Gasteiger partial charge on any atom is -0.459 e. The van der Waals surface area contributed by atoms with Gasteiger partial charge in [0.05, 0.1) is 6.42 Å². The predicted molar refractivity (Wildman–Crippen MR) is 91.9 cm³/mol. The van der Waals surface area contributed by atoms with Gasteiger partial charge in [-0.2, -0.15) is 0 Å². The van der Waals surface area contributed by atoms with Gasteiger partial charge in [0.2, 0.25) is 0 Å². The number of hydrogen-bond donors (Lipinski definition) is 0. The Hall–Kier alpha value is -0.530. The van der Waals surface area contributed by atoms with Gasteiger partial charge in [0, 0.05) is 5.92 Å². The first kappa shape index (κ1) is 16.0. The Labute approximate surface area is 141 Å². The van der Waals surface area contributed by atoms with Crippen molar-refractivity contribution in [2.45, 2.75) is 91.6 Å². The van der Waals surface area contributed by atoms with E-state index >= 15 is 0 Å². The number of ether oxygens (including phenoxy) is 1. The molecule has 4 aliphatic rings. The second-order valence-corrected chi connectivity index (χ2v) is 10.6. The molecule has 3 saturated carbocycles. The number of carbonyl (C=O) groups excluding carboxylic acids is 1. The minimum absolute atomic E-state index is 0.0515. The summed E-state index contributed by atoms with van der Waals surface area (Å²) in [6.45, 7) is 12.3. The van der Waals surface area contributed by atoms with Crippen LogP contribution in [0.5, 0.6) is 0 Å². The van der Waals surface area contributed by atoms with Crippen molar-refractivity contribution < 1.29 is 9.53 Å². The molecular weight excluding hydrogens is 284 g/mol. The Morgan fingerprint density at radius 2 is 1.48 bits per heavy atom. The summed E-state index contributed by atoms with van der Waals surface area (Å²) < 4.78 is 5.84. The van der Waals surface area contributed by atoms with Gasteiger partial charge in [-0.25, -0.2) is 0 Å². The number of rotatable bonds is 0. The lowest BCUT2D eigenvalue weighted by Crippen LogP contribution is -2.61. The largest absolute Gasteiger partial charge is 0.459 e. The molecule has 0 N–H and O–H groups in total. The van der Waals surface area contributed by atoms with E-state index in [1.165, 1.54) is 38.5 Å². The van der Waals surface area contributed by atoms with Crippen molar-refractivity contribution >= 4 is 5.97 Å². The highest BCUT2D eigenvalue weighted by atomic mass is 16.6. The Morgan fingerprint density at radius 1 is 0.826 bits per heavy atom. The summed E-state index contributed by atoms with van der Waals surface area (Å²) >= 11 is 0. The van der Waals surface area contributed by atoms with Crippen LogP contribution in [0, 0.1) is 34.0 Å². The third-order valence-corrected chi connectivity index (χ3v) is 9.02. The van der Waals surface area contributed by atoms with Crippen LogP contribution < -0.4 is 0 Å². The molecule has 0 unspecified atom stereocenters. The molecule has 2 nitrogen and oxygen atoms in total. The fourth-order valence-corrected chi connectivity index (χ4v) is 8.11. The van der Waals surface area contributed by atoms with Crippen molar-refractivity contribution in [3.8, 4) is 0 Å². The molecule has 2 heteroatoms. The van der Waals surface area contributed by atoms with Crippen LogP contribution in [0.1, 0.15) is 86.0 Å². The van der Waals surface area contributed by atoms with Gasteiger partial charge in [0.25, 0.3) is 0 Å². The van der Waals surface area contributed by atoms with Crippen molar-refractivity contribution in [2.24, 2.45) is 34.0 Å². The molecule has 1 aliphatic heterocycles. The summed E-state index contributed by atoms with van der Waals surface area (Å²) in [5.41, 5.74) is 1.05. The summed E-state index contributed by atoms with van der Waals surface area (Å²) in [7, 11) is 0. The van der Waals surface area contributed by atoms with E-state index in [0.717, 1.165) is 18.3 Å². The van der Waals surface area contributed by atoms with Crippen molar-refractivity contribution in [3.05, 3.63) is 0 Å². The summed E-state index contributed by atoms with van der Waals surface area (Å²) in [4.78, 5) is 12.1. The van der Waals surface area contributed by atoms with E-state index in [9.17, 15) is 4.79 Å². The minimum atomic E-state index is -0.185. The van der Waals surface area contributed by atoms with Gasteiger partial charge >= 0.3 is 5.97 Å². The molecule has 0 aromatic carbocycles.